The summed E-state index contributed by atoms with van der Waals surface area (Å²) in [7, 11) is -0.599. The zero-order valence-corrected chi connectivity index (χ0v) is 17.5. The van der Waals surface area contributed by atoms with Crippen LogP contribution in [0.3, 0.4) is 0 Å². The van der Waals surface area contributed by atoms with Crippen molar-refractivity contribution in [3.05, 3.63) is 71.1 Å². The molecule has 7 nitrogen and oxygen atoms in total. The molecule has 3 aromatic rings. The quantitative estimate of drug-likeness (QED) is 0.568. The fourth-order valence-corrected chi connectivity index (χ4v) is 4.76. The average molecular weight is 433 g/mol. The zero-order valence-electron chi connectivity index (χ0n) is 15.8. The van der Waals surface area contributed by atoms with Crippen molar-refractivity contribution in [1.29, 1.82) is 0 Å². The summed E-state index contributed by atoms with van der Waals surface area (Å²) < 4.78 is 38.0. The molecule has 0 aliphatic rings. The maximum Gasteiger partial charge on any atom is 0.271 e. The van der Waals surface area contributed by atoms with Gasteiger partial charge in [0.15, 0.2) is 11.5 Å². The molecule has 0 aliphatic carbocycles. The number of para-hydroxylation sites is 1. The summed E-state index contributed by atoms with van der Waals surface area (Å²) in [5.74, 6) is 0.782. The second-order valence-electron chi connectivity index (χ2n) is 5.95. The number of ether oxygens (including phenoxy) is 2. The van der Waals surface area contributed by atoms with Crippen molar-refractivity contribution in [1.82, 2.24) is 5.32 Å². The Kier molecular flexibility index (Phi) is 6.40. The standard InChI is InChI=1S/C20H20N2O5S2/c1-26-17-9-4-7-15(19(17)27-2)13-21-20(23)14-6-3-8-16(12-14)22-29(24,25)18-10-5-11-28-18/h3-12,22H,13H2,1-2H3,(H,21,23). The Balaban J connectivity index is 1.72. The molecule has 0 fully saturated rings. The molecule has 0 spiro atoms. The zero-order chi connectivity index (χ0) is 20.9. The normalized spacial score (nSPS) is 11.0. The van der Waals surface area contributed by atoms with E-state index in [1.54, 1.807) is 42.8 Å². The maximum absolute atomic E-state index is 12.6. The molecular weight excluding hydrogens is 412 g/mol. The van der Waals surface area contributed by atoms with E-state index in [-0.39, 0.29) is 16.7 Å². The maximum atomic E-state index is 12.6. The van der Waals surface area contributed by atoms with Gasteiger partial charge < -0.3 is 14.8 Å². The fourth-order valence-electron chi connectivity index (χ4n) is 2.72. The van der Waals surface area contributed by atoms with E-state index in [1.807, 2.05) is 12.1 Å². The predicted octanol–water partition coefficient (Wildman–Crippen LogP) is 3.50. The lowest BCUT2D eigenvalue weighted by Crippen LogP contribution is -2.23. The minimum absolute atomic E-state index is 0.206. The SMILES string of the molecule is COc1cccc(CNC(=O)c2cccc(NS(=O)(=O)c3cccs3)c2)c1OC. The molecule has 1 aromatic heterocycles. The fraction of sp³-hybridized carbons (Fsp3) is 0.150. The molecule has 9 heteroatoms. The lowest BCUT2D eigenvalue weighted by atomic mass is 10.1. The smallest absolute Gasteiger partial charge is 0.271 e. The Bertz CT molecular complexity index is 1100. The van der Waals surface area contributed by atoms with Crippen LogP contribution in [-0.2, 0) is 16.6 Å². The van der Waals surface area contributed by atoms with E-state index in [1.165, 1.54) is 19.2 Å². The molecule has 2 aromatic carbocycles. The van der Waals surface area contributed by atoms with Crippen LogP contribution in [0.2, 0.25) is 0 Å². The van der Waals surface area contributed by atoms with Gasteiger partial charge in [0.1, 0.15) is 4.21 Å². The molecule has 2 N–H and O–H groups in total. The first-order valence-corrected chi connectivity index (χ1v) is 11.0. The molecule has 1 amide bonds. The first-order valence-electron chi connectivity index (χ1n) is 8.59. The molecule has 0 saturated carbocycles. The molecule has 29 heavy (non-hydrogen) atoms. The monoisotopic (exact) mass is 432 g/mol. The number of rotatable bonds is 8. The van der Waals surface area contributed by atoms with Gasteiger partial charge in [-0.2, -0.15) is 0 Å². The molecule has 0 bridgehead atoms. The molecule has 0 unspecified atom stereocenters. The van der Waals surface area contributed by atoms with Crippen molar-refractivity contribution in [3.8, 4) is 11.5 Å². The number of carbonyl (C=O) groups excluding carboxylic acids is 1. The highest BCUT2D eigenvalue weighted by Crippen LogP contribution is 2.30. The minimum Gasteiger partial charge on any atom is -0.493 e. The Hall–Kier alpha value is -3.04. The van der Waals surface area contributed by atoms with Gasteiger partial charge in [-0.25, -0.2) is 8.42 Å². The summed E-state index contributed by atoms with van der Waals surface area (Å²) in [4.78, 5) is 12.6. The van der Waals surface area contributed by atoms with Crippen molar-refractivity contribution in [2.75, 3.05) is 18.9 Å². The van der Waals surface area contributed by atoms with Gasteiger partial charge >= 0.3 is 0 Å². The number of nitrogens with one attached hydrogen (secondary N) is 2. The van der Waals surface area contributed by atoms with Gasteiger partial charge in [-0.1, -0.05) is 24.3 Å². The van der Waals surface area contributed by atoms with Crippen molar-refractivity contribution in [2.45, 2.75) is 10.8 Å². The number of anilines is 1. The Morgan fingerprint density at radius 1 is 1.03 bits per heavy atom. The highest BCUT2D eigenvalue weighted by molar-refractivity contribution is 7.94. The molecular formula is C20H20N2O5S2. The number of thiophene rings is 1. The van der Waals surface area contributed by atoms with Gasteiger partial charge in [0.25, 0.3) is 15.9 Å². The minimum atomic E-state index is -3.68. The van der Waals surface area contributed by atoms with Crippen molar-refractivity contribution < 1.29 is 22.7 Å². The van der Waals surface area contributed by atoms with E-state index in [0.29, 0.717) is 22.7 Å². The molecule has 152 valence electrons. The molecule has 0 radical (unpaired) electrons. The van der Waals surface area contributed by atoms with Gasteiger partial charge in [0.05, 0.1) is 14.2 Å². The third-order valence-electron chi connectivity index (χ3n) is 4.06. The third-order valence-corrected chi connectivity index (χ3v) is 6.84. The summed E-state index contributed by atoms with van der Waals surface area (Å²) >= 11 is 1.12. The summed E-state index contributed by atoms with van der Waals surface area (Å²) in [6.45, 7) is 0.227. The van der Waals surface area contributed by atoms with Gasteiger partial charge in [-0.3, -0.25) is 9.52 Å². The number of methoxy groups -OCH3 is 2. The summed E-state index contributed by atoms with van der Waals surface area (Å²) in [5.41, 5.74) is 1.40. The molecule has 0 saturated heterocycles. The first-order chi connectivity index (χ1) is 13.9. The van der Waals surface area contributed by atoms with Crippen LogP contribution in [0.5, 0.6) is 11.5 Å². The molecule has 0 aliphatic heterocycles. The van der Waals surface area contributed by atoms with Crippen LogP contribution in [0.15, 0.2) is 64.2 Å². The summed E-state index contributed by atoms with van der Waals surface area (Å²) in [6.07, 6.45) is 0. The van der Waals surface area contributed by atoms with E-state index < -0.39 is 10.0 Å². The van der Waals surface area contributed by atoms with E-state index in [4.69, 9.17) is 9.47 Å². The lowest BCUT2D eigenvalue weighted by molar-refractivity contribution is 0.0950. The molecule has 3 rings (SSSR count). The lowest BCUT2D eigenvalue weighted by Gasteiger charge is -2.13. The van der Waals surface area contributed by atoms with Crippen molar-refractivity contribution >= 4 is 33.0 Å². The number of amides is 1. The second-order valence-corrected chi connectivity index (χ2v) is 8.81. The highest BCUT2D eigenvalue weighted by Gasteiger charge is 2.16. The topological polar surface area (TPSA) is 93.7 Å². The Morgan fingerprint density at radius 2 is 1.83 bits per heavy atom. The molecule has 0 atom stereocenters. The summed E-state index contributed by atoms with van der Waals surface area (Å²) in [6, 6.07) is 14.9. The highest BCUT2D eigenvalue weighted by atomic mass is 32.2. The van der Waals surface area contributed by atoms with Crippen LogP contribution in [0.1, 0.15) is 15.9 Å². The van der Waals surface area contributed by atoms with Crippen LogP contribution in [0.4, 0.5) is 5.69 Å². The van der Waals surface area contributed by atoms with Crippen LogP contribution in [0.25, 0.3) is 0 Å². The Morgan fingerprint density at radius 3 is 2.52 bits per heavy atom. The number of hydrogen-bond acceptors (Lipinski definition) is 6. The predicted molar refractivity (Wildman–Crippen MR) is 112 cm³/mol. The van der Waals surface area contributed by atoms with E-state index >= 15 is 0 Å². The number of hydrogen-bond donors (Lipinski definition) is 2. The number of benzene rings is 2. The molecule has 1 heterocycles. The van der Waals surface area contributed by atoms with Gasteiger partial charge in [-0.15, -0.1) is 11.3 Å². The van der Waals surface area contributed by atoms with E-state index in [9.17, 15) is 13.2 Å². The van der Waals surface area contributed by atoms with Crippen LogP contribution in [0, 0.1) is 0 Å². The van der Waals surface area contributed by atoms with E-state index in [0.717, 1.165) is 16.9 Å². The first kappa shape index (κ1) is 20.7. The van der Waals surface area contributed by atoms with Crippen molar-refractivity contribution in [2.24, 2.45) is 0 Å². The van der Waals surface area contributed by atoms with Crippen LogP contribution in [-0.4, -0.2) is 28.5 Å². The van der Waals surface area contributed by atoms with Crippen molar-refractivity contribution in [3.63, 3.8) is 0 Å². The average Bonchev–Trinajstić information content (AvgIpc) is 3.27. The third kappa shape index (κ3) is 4.87. The summed E-state index contributed by atoms with van der Waals surface area (Å²) in [5, 5.41) is 4.50. The van der Waals surface area contributed by atoms with Crippen LogP contribution < -0.4 is 19.5 Å². The number of sulfonamides is 1. The largest absolute Gasteiger partial charge is 0.493 e. The van der Waals surface area contributed by atoms with Crippen LogP contribution >= 0.6 is 11.3 Å². The van der Waals surface area contributed by atoms with E-state index in [2.05, 4.69) is 10.0 Å². The Labute approximate surface area is 173 Å². The van der Waals surface area contributed by atoms with Gasteiger partial charge in [0, 0.05) is 23.4 Å². The van der Waals surface area contributed by atoms with Gasteiger partial charge in [-0.05, 0) is 35.7 Å². The second kappa shape index (κ2) is 8.97. The number of carbonyl (C=O) groups is 1. The van der Waals surface area contributed by atoms with Gasteiger partial charge in [0.2, 0.25) is 0 Å².